The van der Waals surface area contributed by atoms with Gasteiger partial charge in [0.1, 0.15) is 13.2 Å². The van der Waals surface area contributed by atoms with E-state index in [0.29, 0.717) is 19.3 Å². The Hall–Kier alpha value is -4.19. The fourth-order valence-electron chi connectivity index (χ4n) is 6.53. The van der Waals surface area contributed by atoms with Gasteiger partial charge in [-0.15, -0.1) is 0 Å². The van der Waals surface area contributed by atoms with Gasteiger partial charge in [0.25, 0.3) is 0 Å². The molecule has 0 saturated heterocycles. The normalized spacial score (nSPS) is 13.1. The molecule has 0 aliphatic heterocycles. The summed E-state index contributed by atoms with van der Waals surface area (Å²) in [6, 6.07) is 0. The predicted octanol–water partition coefficient (Wildman–Crippen LogP) is 16.9. The summed E-state index contributed by atoms with van der Waals surface area (Å²) in [7, 11) is 0. The number of unbranched alkanes of at least 4 members (excludes halogenated alkanes) is 20. The van der Waals surface area contributed by atoms with Gasteiger partial charge in [0.2, 0.25) is 0 Å². The topological polar surface area (TPSA) is 78.9 Å². The Morgan fingerprint density at radius 3 is 1.05 bits per heavy atom. The molecule has 0 aliphatic rings. The molecule has 0 heterocycles. The zero-order chi connectivity index (χ0) is 46.5. The third-order valence-electron chi connectivity index (χ3n) is 10.4. The zero-order valence-corrected chi connectivity index (χ0v) is 41.0. The highest BCUT2D eigenvalue weighted by atomic mass is 16.6. The van der Waals surface area contributed by atoms with Crippen molar-refractivity contribution in [2.45, 2.75) is 213 Å². The van der Waals surface area contributed by atoms with E-state index >= 15 is 0 Å². The minimum absolute atomic E-state index is 0.115. The summed E-state index contributed by atoms with van der Waals surface area (Å²) in [5, 5.41) is 0. The highest BCUT2D eigenvalue weighted by Crippen LogP contribution is 2.12. The van der Waals surface area contributed by atoms with Crippen LogP contribution in [-0.2, 0) is 28.6 Å². The van der Waals surface area contributed by atoms with E-state index in [-0.39, 0.29) is 37.5 Å². The lowest BCUT2D eigenvalue weighted by Gasteiger charge is -2.18. The highest BCUT2D eigenvalue weighted by molar-refractivity contribution is 5.71. The summed E-state index contributed by atoms with van der Waals surface area (Å²) >= 11 is 0. The van der Waals surface area contributed by atoms with Crippen LogP contribution in [0.3, 0.4) is 0 Å². The Morgan fingerprint density at radius 1 is 0.328 bits per heavy atom. The first-order valence-corrected chi connectivity index (χ1v) is 25.7. The van der Waals surface area contributed by atoms with Crippen LogP contribution in [0, 0.1) is 0 Å². The van der Waals surface area contributed by atoms with E-state index in [0.717, 1.165) is 103 Å². The summed E-state index contributed by atoms with van der Waals surface area (Å²) in [5.74, 6) is -1.00. The van der Waals surface area contributed by atoms with Crippen LogP contribution >= 0.6 is 0 Å². The fourth-order valence-corrected chi connectivity index (χ4v) is 6.53. The molecule has 0 aromatic rings. The standard InChI is InChI=1S/C58H92O6/c1-4-7-10-13-16-19-22-25-27-28-29-31-33-36-39-42-45-48-51-57(60)63-54-55(53-62-56(59)50-47-44-41-38-35-32-24-21-18-15-12-9-6-3)64-58(61)52-49-46-43-40-37-34-30-26-23-20-17-14-11-8-5-2/h8,11,14,16-17,19-20,22-23,25-32,34-35,37,55H,4-7,9-10,12-13,15,18,21,24,33,36,38-54H2,1-3H3/b11-8-,17-14-,19-16-,23-20-,25-22-,28-27-,30-26-,31-29-,35-32-,37-34-. The van der Waals surface area contributed by atoms with Crippen molar-refractivity contribution >= 4 is 17.9 Å². The maximum Gasteiger partial charge on any atom is 0.306 e. The number of hydrogen-bond donors (Lipinski definition) is 0. The first-order chi connectivity index (χ1) is 31.5. The molecule has 0 rings (SSSR count). The first kappa shape index (κ1) is 59.8. The molecular weight excluding hydrogens is 793 g/mol. The Bertz CT molecular complexity index is 1390. The van der Waals surface area contributed by atoms with Gasteiger partial charge in [-0.2, -0.15) is 0 Å². The van der Waals surface area contributed by atoms with Crippen LogP contribution in [-0.4, -0.2) is 37.2 Å². The molecule has 0 aromatic carbocycles. The van der Waals surface area contributed by atoms with Gasteiger partial charge in [-0.05, 0) is 89.9 Å². The number of carbonyl (C=O) groups is 3. The van der Waals surface area contributed by atoms with Gasteiger partial charge in [-0.1, -0.05) is 219 Å². The van der Waals surface area contributed by atoms with Gasteiger partial charge in [0, 0.05) is 19.3 Å². The van der Waals surface area contributed by atoms with Gasteiger partial charge >= 0.3 is 17.9 Å². The molecule has 0 radical (unpaired) electrons. The number of hydrogen-bond acceptors (Lipinski definition) is 6. The quantitative estimate of drug-likeness (QED) is 0.0199. The van der Waals surface area contributed by atoms with Crippen molar-refractivity contribution in [1.82, 2.24) is 0 Å². The first-order valence-electron chi connectivity index (χ1n) is 25.7. The van der Waals surface area contributed by atoms with E-state index in [4.69, 9.17) is 14.2 Å². The number of allylic oxidation sites excluding steroid dienone is 20. The molecule has 0 aliphatic carbocycles. The van der Waals surface area contributed by atoms with Crippen LogP contribution in [0.1, 0.15) is 207 Å². The number of rotatable bonds is 44. The van der Waals surface area contributed by atoms with Crippen LogP contribution in [0.25, 0.3) is 0 Å². The summed E-state index contributed by atoms with van der Waals surface area (Å²) < 4.78 is 16.7. The largest absolute Gasteiger partial charge is 0.462 e. The Balaban J connectivity index is 4.56. The fraction of sp³-hybridized carbons (Fsp3) is 0.603. The molecule has 0 aromatic heterocycles. The molecule has 0 fully saturated rings. The minimum Gasteiger partial charge on any atom is -0.462 e. The third-order valence-corrected chi connectivity index (χ3v) is 10.4. The molecule has 360 valence electrons. The van der Waals surface area contributed by atoms with Gasteiger partial charge in [0.05, 0.1) is 0 Å². The van der Waals surface area contributed by atoms with Gasteiger partial charge in [-0.3, -0.25) is 14.4 Å². The van der Waals surface area contributed by atoms with E-state index in [1.807, 2.05) is 48.6 Å². The van der Waals surface area contributed by atoms with Crippen molar-refractivity contribution < 1.29 is 28.6 Å². The average molecular weight is 885 g/mol. The molecule has 0 N–H and O–H groups in total. The summed E-state index contributed by atoms with van der Waals surface area (Å²) in [5.41, 5.74) is 0. The van der Waals surface area contributed by atoms with Crippen molar-refractivity contribution in [3.8, 4) is 0 Å². The highest BCUT2D eigenvalue weighted by Gasteiger charge is 2.19. The summed E-state index contributed by atoms with van der Waals surface area (Å²) in [6.45, 7) is 6.36. The second-order valence-corrected chi connectivity index (χ2v) is 16.6. The molecule has 0 saturated carbocycles. The van der Waals surface area contributed by atoms with Gasteiger partial charge < -0.3 is 14.2 Å². The maximum absolute atomic E-state index is 12.8. The Morgan fingerprint density at radius 2 is 0.625 bits per heavy atom. The number of esters is 3. The number of ether oxygens (including phenoxy) is 3. The minimum atomic E-state index is -0.819. The molecule has 1 atom stereocenters. The molecule has 64 heavy (non-hydrogen) atoms. The van der Waals surface area contributed by atoms with E-state index in [2.05, 4.69) is 93.7 Å². The van der Waals surface area contributed by atoms with Crippen molar-refractivity contribution in [2.75, 3.05) is 13.2 Å². The van der Waals surface area contributed by atoms with Crippen LogP contribution in [0.2, 0.25) is 0 Å². The van der Waals surface area contributed by atoms with E-state index in [1.54, 1.807) is 0 Å². The molecular formula is C58H92O6. The van der Waals surface area contributed by atoms with E-state index < -0.39 is 6.10 Å². The van der Waals surface area contributed by atoms with Crippen molar-refractivity contribution in [3.05, 3.63) is 122 Å². The SMILES string of the molecule is CC\C=C/C=C\C=C/C=C\C=C/CCCCCC(=O)OC(COC(=O)CCCCC/C=C\CCCCCCCC)COC(=O)CCCCCCC\C=C/C=C\C=C/C=C\CCCCC. The van der Waals surface area contributed by atoms with Gasteiger partial charge in [-0.25, -0.2) is 0 Å². The molecule has 0 spiro atoms. The van der Waals surface area contributed by atoms with E-state index in [9.17, 15) is 14.4 Å². The van der Waals surface area contributed by atoms with Crippen molar-refractivity contribution in [1.29, 1.82) is 0 Å². The third kappa shape index (κ3) is 48.8. The molecule has 0 amide bonds. The van der Waals surface area contributed by atoms with E-state index in [1.165, 1.54) is 57.8 Å². The maximum atomic E-state index is 12.8. The summed E-state index contributed by atoms with van der Waals surface area (Å²) in [4.78, 5) is 38.0. The monoisotopic (exact) mass is 885 g/mol. The lowest BCUT2D eigenvalue weighted by Crippen LogP contribution is -2.30. The van der Waals surface area contributed by atoms with Crippen molar-refractivity contribution in [3.63, 3.8) is 0 Å². The average Bonchev–Trinajstić information content (AvgIpc) is 3.29. The molecule has 1 unspecified atom stereocenters. The van der Waals surface area contributed by atoms with Crippen molar-refractivity contribution in [2.24, 2.45) is 0 Å². The zero-order valence-electron chi connectivity index (χ0n) is 41.0. The second kappa shape index (κ2) is 51.4. The molecule has 0 bridgehead atoms. The molecule has 6 nitrogen and oxygen atoms in total. The Kier molecular flexibility index (Phi) is 48.1. The van der Waals surface area contributed by atoms with Crippen LogP contribution in [0.4, 0.5) is 0 Å². The second-order valence-electron chi connectivity index (χ2n) is 16.6. The number of carbonyl (C=O) groups excluding carboxylic acids is 3. The summed E-state index contributed by atoms with van der Waals surface area (Å²) in [6.07, 6.45) is 70.3. The van der Waals surface area contributed by atoms with Crippen LogP contribution in [0.5, 0.6) is 0 Å². The van der Waals surface area contributed by atoms with Crippen LogP contribution < -0.4 is 0 Å². The Labute approximate surface area is 392 Å². The van der Waals surface area contributed by atoms with Crippen LogP contribution in [0.15, 0.2) is 122 Å². The molecule has 6 heteroatoms. The van der Waals surface area contributed by atoms with Gasteiger partial charge in [0.15, 0.2) is 6.10 Å². The smallest absolute Gasteiger partial charge is 0.306 e. The lowest BCUT2D eigenvalue weighted by atomic mass is 10.1. The lowest BCUT2D eigenvalue weighted by molar-refractivity contribution is -0.167. The predicted molar refractivity (Wildman–Crippen MR) is 274 cm³/mol.